The van der Waals surface area contributed by atoms with Gasteiger partial charge in [-0.2, -0.15) is 0 Å². The summed E-state index contributed by atoms with van der Waals surface area (Å²) in [5.41, 5.74) is 4.30. The van der Waals surface area contributed by atoms with Crippen LogP contribution in [0.2, 0.25) is 0 Å². The second-order valence-corrected chi connectivity index (χ2v) is 4.51. The molecule has 0 unspecified atom stereocenters. The molecule has 0 saturated carbocycles. The third-order valence-electron chi connectivity index (χ3n) is 3.28. The molecule has 104 valence electrons. The zero-order valence-corrected chi connectivity index (χ0v) is 11.2. The highest BCUT2D eigenvalue weighted by atomic mass is 15.3. The summed E-state index contributed by atoms with van der Waals surface area (Å²) in [6, 6.07) is 3.96. The Kier molecular flexibility index (Phi) is 2.50. The van der Waals surface area contributed by atoms with Gasteiger partial charge in [-0.05, 0) is 12.1 Å². The first kappa shape index (κ1) is 11.7. The second-order valence-electron chi connectivity index (χ2n) is 4.51. The first-order valence-corrected chi connectivity index (χ1v) is 6.44. The van der Waals surface area contributed by atoms with Crippen molar-refractivity contribution in [2.75, 3.05) is 12.4 Å². The first-order valence-electron chi connectivity index (χ1n) is 6.44. The minimum Gasteiger partial charge on any atom is -0.356 e. The van der Waals surface area contributed by atoms with E-state index in [2.05, 4.69) is 30.4 Å². The third-order valence-corrected chi connectivity index (χ3v) is 3.28. The van der Waals surface area contributed by atoms with Crippen LogP contribution in [-0.2, 0) is 0 Å². The normalized spacial score (nSPS) is 11.1. The molecule has 4 rings (SSSR count). The number of nitrogens with zero attached hydrogens (tertiary/aromatic N) is 6. The number of pyridine rings is 1. The van der Waals surface area contributed by atoms with Crippen molar-refractivity contribution in [3.8, 4) is 11.1 Å². The van der Waals surface area contributed by atoms with Crippen LogP contribution < -0.4 is 5.32 Å². The van der Waals surface area contributed by atoms with E-state index in [9.17, 15) is 0 Å². The van der Waals surface area contributed by atoms with E-state index >= 15 is 0 Å². The van der Waals surface area contributed by atoms with Gasteiger partial charge in [0.25, 0.3) is 0 Å². The highest BCUT2D eigenvalue weighted by molar-refractivity contribution is 5.84. The predicted octanol–water partition coefficient (Wildman–Crippen LogP) is 2.02. The van der Waals surface area contributed by atoms with Crippen molar-refractivity contribution in [2.24, 2.45) is 0 Å². The van der Waals surface area contributed by atoms with Gasteiger partial charge in [0, 0.05) is 44.4 Å². The van der Waals surface area contributed by atoms with Gasteiger partial charge in [-0.3, -0.25) is 4.98 Å². The zero-order valence-electron chi connectivity index (χ0n) is 11.2. The molecular formula is C14H13N7. The molecule has 0 aliphatic rings. The SMILES string of the molecule is CNc1ncc2c(-c3cnc4nccnc4c3)ccn2n1.[HH]. The number of fused-ring (bicyclic) bond motifs is 2. The van der Waals surface area contributed by atoms with Gasteiger partial charge in [0.1, 0.15) is 5.52 Å². The lowest BCUT2D eigenvalue weighted by Gasteiger charge is -2.02. The van der Waals surface area contributed by atoms with E-state index in [-0.39, 0.29) is 1.43 Å². The highest BCUT2D eigenvalue weighted by Crippen LogP contribution is 2.26. The number of hydrogen-bond donors (Lipinski definition) is 1. The van der Waals surface area contributed by atoms with Crippen molar-refractivity contribution in [3.05, 3.63) is 43.1 Å². The van der Waals surface area contributed by atoms with Crippen LogP contribution >= 0.6 is 0 Å². The molecule has 0 atom stereocenters. The van der Waals surface area contributed by atoms with E-state index in [4.69, 9.17) is 0 Å². The zero-order chi connectivity index (χ0) is 14.2. The summed E-state index contributed by atoms with van der Waals surface area (Å²) in [5, 5.41) is 7.27. The lowest BCUT2D eigenvalue weighted by molar-refractivity contribution is 0.909. The van der Waals surface area contributed by atoms with Gasteiger partial charge in [-0.15, -0.1) is 5.10 Å². The Morgan fingerprint density at radius 3 is 2.90 bits per heavy atom. The maximum absolute atomic E-state index is 4.35. The van der Waals surface area contributed by atoms with Crippen LogP contribution in [0, 0.1) is 0 Å². The van der Waals surface area contributed by atoms with E-state index in [1.807, 2.05) is 18.3 Å². The standard InChI is InChI=1S/C14H11N7.H2/c1-15-14-19-8-12-10(2-5-21(12)20-14)9-6-11-13(18-7-9)17-4-3-16-11;/h2-8H,1H3,(H,15,20);1H. The Morgan fingerprint density at radius 2 is 2.00 bits per heavy atom. The van der Waals surface area contributed by atoms with Gasteiger partial charge in [0.15, 0.2) is 5.65 Å². The van der Waals surface area contributed by atoms with Crippen LogP contribution in [0.5, 0.6) is 0 Å². The molecule has 1 N–H and O–H groups in total. The number of anilines is 1. The Hall–Kier alpha value is -3.09. The summed E-state index contributed by atoms with van der Waals surface area (Å²) in [5.74, 6) is 0.576. The molecule has 0 aliphatic heterocycles. The molecule has 4 heterocycles. The van der Waals surface area contributed by atoms with Crippen LogP contribution in [0.1, 0.15) is 1.43 Å². The molecule has 4 aromatic rings. The average molecular weight is 279 g/mol. The smallest absolute Gasteiger partial charge is 0.240 e. The van der Waals surface area contributed by atoms with Crippen molar-refractivity contribution >= 4 is 22.6 Å². The molecule has 0 aliphatic carbocycles. The van der Waals surface area contributed by atoms with Crippen LogP contribution in [0.25, 0.3) is 27.8 Å². The molecule has 7 heteroatoms. The fourth-order valence-electron chi connectivity index (χ4n) is 2.26. The van der Waals surface area contributed by atoms with E-state index in [0.29, 0.717) is 11.6 Å². The van der Waals surface area contributed by atoms with E-state index in [0.717, 1.165) is 22.2 Å². The first-order chi connectivity index (χ1) is 10.3. The molecule has 4 aromatic heterocycles. The molecule has 0 spiro atoms. The van der Waals surface area contributed by atoms with Crippen LogP contribution in [-0.4, -0.2) is 36.6 Å². The van der Waals surface area contributed by atoms with E-state index in [1.165, 1.54) is 0 Å². The predicted molar refractivity (Wildman–Crippen MR) is 81.0 cm³/mol. The van der Waals surface area contributed by atoms with Gasteiger partial charge in [0.2, 0.25) is 5.95 Å². The van der Waals surface area contributed by atoms with Crippen molar-refractivity contribution in [1.29, 1.82) is 0 Å². The molecule has 21 heavy (non-hydrogen) atoms. The molecule has 0 radical (unpaired) electrons. The summed E-state index contributed by atoms with van der Waals surface area (Å²) in [7, 11) is 1.79. The van der Waals surface area contributed by atoms with Crippen LogP contribution in [0.15, 0.2) is 43.1 Å². The van der Waals surface area contributed by atoms with Crippen LogP contribution in [0.3, 0.4) is 0 Å². The maximum atomic E-state index is 4.35. The molecule has 0 bridgehead atoms. The van der Waals surface area contributed by atoms with Gasteiger partial charge >= 0.3 is 0 Å². The molecule has 0 amide bonds. The summed E-state index contributed by atoms with van der Waals surface area (Å²) >= 11 is 0. The average Bonchev–Trinajstić information content (AvgIpc) is 2.97. The lowest BCUT2D eigenvalue weighted by atomic mass is 10.1. The molecule has 0 saturated heterocycles. The number of nitrogens with one attached hydrogen (secondary N) is 1. The Bertz CT molecular complexity index is 950. The van der Waals surface area contributed by atoms with Crippen molar-refractivity contribution in [3.63, 3.8) is 0 Å². The van der Waals surface area contributed by atoms with Crippen molar-refractivity contribution < 1.29 is 1.43 Å². The van der Waals surface area contributed by atoms with Gasteiger partial charge in [0.05, 0.1) is 11.7 Å². The third kappa shape index (κ3) is 1.86. The molecule has 7 nitrogen and oxygen atoms in total. The maximum Gasteiger partial charge on any atom is 0.240 e. The molecular weight excluding hydrogens is 266 g/mol. The number of rotatable bonds is 2. The van der Waals surface area contributed by atoms with Crippen molar-refractivity contribution in [1.82, 2.24) is 29.5 Å². The van der Waals surface area contributed by atoms with Crippen molar-refractivity contribution in [2.45, 2.75) is 0 Å². The minimum atomic E-state index is 0. The number of hydrogen-bond acceptors (Lipinski definition) is 6. The quantitative estimate of drug-likeness (QED) is 0.604. The monoisotopic (exact) mass is 279 g/mol. The van der Waals surface area contributed by atoms with Gasteiger partial charge in [-0.1, -0.05) is 0 Å². The lowest BCUT2D eigenvalue weighted by Crippen LogP contribution is -2.00. The highest BCUT2D eigenvalue weighted by Gasteiger charge is 2.09. The van der Waals surface area contributed by atoms with Gasteiger partial charge in [-0.25, -0.2) is 19.5 Å². The largest absolute Gasteiger partial charge is 0.356 e. The summed E-state index contributed by atoms with van der Waals surface area (Å²) in [6.45, 7) is 0. The summed E-state index contributed by atoms with van der Waals surface area (Å²) in [4.78, 5) is 17.1. The fourth-order valence-corrected chi connectivity index (χ4v) is 2.26. The topological polar surface area (TPSA) is 80.9 Å². The molecule has 0 fully saturated rings. The summed E-state index contributed by atoms with van der Waals surface area (Å²) in [6.07, 6.45) is 8.77. The number of aromatic nitrogens is 6. The Balaban J connectivity index is 0.00000144. The minimum absolute atomic E-state index is 0. The van der Waals surface area contributed by atoms with Gasteiger partial charge < -0.3 is 5.32 Å². The fraction of sp³-hybridized carbons (Fsp3) is 0.0714. The van der Waals surface area contributed by atoms with Crippen LogP contribution in [0.4, 0.5) is 5.95 Å². The Labute approximate surface area is 121 Å². The summed E-state index contributed by atoms with van der Waals surface area (Å²) < 4.78 is 1.79. The van der Waals surface area contributed by atoms with E-state index < -0.39 is 0 Å². The van der Waals surface area contributed by atoms with E-state index in [1.54, 1.807) is 36.4 Å². The second kappa shape index (κ2) is 4.48. The molecule has 0 aromatic carbocycles. The Morgan fingerprint density at radius 1 is 1.10 bits per heavy atom.